The molecule has 0 aliphatic carbocycles. The summed E-state index contributed by atoms with van der Waals surface area (Å²) in [7, 11) is 0. The Morgan fingerprint density at radius 2 is 1.50 bits per heavy atom. The first-order chi connectivity index (χ1) is 7.81. The largest absolute Gasteiger partial charge is 0.330 e. The second-order valence-corrected chi connectivity index (χ2v) is 5.02. The minimum atomic E-state index is 0.619. The Morgan fingerprint density at radius 3 is 2.06 bits per heavy atom. The van der Waals surface area contributed by atoms with Crippen molar-refractivity contribution in [3.63, 3.8) is 0 Å². The van der Waals surface area contributed by atoms with E-state index in [0.717, 1.165) is 13.1 Å². The molecule has 0 aromatic rings. The van der Waals surface area contributed by atoms with Crippen LogP contribution in [-0.2, 0) is 0 Å². The van der Waals surface area contributed by atoms with E-state index in [9.17, 15) is 0 Å². The molecule has 0 aromatic heterocycles. The molecule has 0 radical (unpaired) electrons. The fourth-order valence-corrected chi connectivity index (χ4v) is 1.82. The zero-order chi connectivity index (χ0) is 12.1. The lowest BCUT2D eigenvalue weighted by atomic mass is 10.1. The lowest BCUT2D eigenvalue weighted by Crippen LogP contribution is -2.26. The van der Waals surface area contributed by atoms with Gasteiger partial charge in [0.05, 0.1) is 0 Å². The SMILES string of the molecule is CCCCCCCCCCNCC(C)CN. The molecule has 0 saturated carbocycles. The van der Waals surface area contributed by atoms with Gasteiger partial charge in [-0.2, -0.15) is 0 Å². The molecular formula is C14H32N2. The fourth-order valence-electron chi connectivity index (χ4n) is 1.82. The minimum absolute atomic E-state index is 0.619. The molecule has 0 saturated heterocycles. The van der Waals surface area contributed by atoms with Crippen LogP contribution in [0.3, 0.4) is 0 Å². The Bertz CT molecular complexity index is 126. The van der Waals surface area contributed by atoms with Crippen LogP contribution < -0.4 is 11.1 Å². The van der Waals surface area contributed by atoms with Crippen LogP contribution in [0.1, 0.15) is 65.2 Å². The van der Waals surface area contributed by atoms with E-state index in [4.69, 9.17) is 5.73 Å². The average Bonchev–Trinajstić information content (AvgIpc) is 2.31. The molecule has 2 nitrogen and oxygen atoms in total. The zero-order valence-electron chi connectivity index (χ0n) is 11.4. The van der Waals surface area contributed by atoms with Gasteiger partial charge in [-0.3, -0.25) is 0 Å². The van der Waals surface area contributed by atoms with Gasteiger partial charge in [0.15, 0.2) is 0 Å². The average molecular weight is 228 g/mol. The van der Waals surface area contributed by atoms with Gasteiger partial charge in [-0.1, -0.05) is 58.8 Å². The Balaban J connectivity index is 2.93. The van der Waals surface area contributed by atoms with Crippen LogP contribution in [0.2, 0.25) is 0 Å². The van der Waals surface area contributed by atoms with Crippen LogP contribution in [-0.4, -0.2) is 19.6 Å². The maximum atomic E-state index is 5.55. The molecule has 0 bridgehead atoms. The Morgan fingerprint density at radius 1 is 0.938 bits per heavy atom. The van der Waals surface area contributed by atoms with E-state index in [1.54, 1.807) is 0 Å². The second-order valence-electron chi connectivity index (χ2n) is 5.02. The third-order valence-corrected chi connectivity index (χ3v) is 3.10. The van der Waals surface area contributed by atoms with Gasteiger partial charge < -0.3 is 11.1 Å². The van der Waals surface area contributed by atoms with E-state index in [1.807, 2.05) is 0 Å². The van der Waals surface area contributed by atoms with Gasteiger partial charge in [0.2, 0.25) is 0 Å². The van der Waals surface area contributed by atoms with Crippen LogP contribution in [0.5, 0.6) is 0 Å². The highest BCUT2D eigenvalue weighted by Gasteiger charge is 1.97. The van der Waals surface area contributed by atoms with Crippen molar-refractivity contribution in [2.75, 3.05) is 19.6 Å². The molecule has 0 aliphatic heterocycles. The first-order valence-corrected chi connectivity index (χ1v) is 7.22. The number of unbranched alkanes of at least 4 members (excludes halogenated alkanes) is 7. The molecule has 1 unspecified atom stereocenters. The van der Waals surface area contributed by atoms with E-state index in [0.29, 0.717) is 5.92 Å². The quantitative estimate of drug-likeness (QED) is 0.503. The van der Waals surface area contributed by atoms with Crippen LogP contribution in [0.25, 0.3) is 0 Å². The van der Waals surface area contributed by atoms with E-state index in [1.165, 1.54) is 57.9 Å². The van der Waals surface area contributed by atoms with E-state index < -0.39 is 0 Å². The molecule has 3 N–H and O–H groups in total. The minimum Gasteiger partial charge on any atom is -0.330 e. The molecule has 1 atom stereocenters. The molecule has 0 aromatic carbocycles. The highest BCUT2D eigenvalue weighted by molar-refractivity contribution is 4.57. The van der Waals surface area contributed by atoms with Gasteiger partial charge in [0.25, 0.3) is 0 Å². The molecule has 0 aliphatic rings. The monoisotopic (exact) mass is 228 g/mol. The molecule has 2 heteroatoms. The van der Waals surface area contributed by atoms with Crippen molar-refractivity contribution in [3.8, 4) is 0 Å². The summed E-state index contributed by atoms with van der Waals surface area (Å²) >= 11 is 0. The predicted octanol–water partition coefficient (Wildman–Crippen LogP) is 3.31. The topological polar surface area (TPSA) is 38.0 Å². The smallest absolute Gasteiger partial charge is 0.00111 e. The molecule has 0 fully saturated rings. The van der Waals surface area contributed by atoms with Gasteiger partial charge in [-0.15, -0.1) is 0 Å². The summed E-state index contributed by atoms with van der Waals surface area (Å²) in [6.45, 7) is 7.51. The van der Waals surface area contributed by atoms with Crippen LogP contribution in [0.4, 0.5) is 0 Å². The van der Waals surface area contributed by atoms with Crippen molar-refractivity contribution in [3.05, 3.63) is 0 Å². The van der Waals surface area contributed by atoms with Crippen molar-refractivity contribution in [1.82, 2.24) is 5.32 Å². The summed E-state index contributed by atoms with van der Waals surface area (Å²) in [6, 6.07) is 0. The molecule has 0 spiro atoms. The number of rotatable bonds is 12. The van der Waals surface area contributed by atoms with Gasteiger partial charge >= 0.3 is 0 Å². The van der Waals surface area contributed by atoms with Crippen molar-refractivity contribution in [1.29, 1.82) is 0 Å². The Labute approximate surface area is 102 Å². The highest BCUT2D eigenvalue weighted by atomic mass is 14.9. The third-order valence-electron chi connectivity index (χ3n) is 3.10. The number of hydrogen-bond acceptors (Lipinski definition) is 2. The van der Waals surface area contributed by atoms with Crippen LogP contribution in [0.15, 0.2) is 0 Å². The van der Waals surface area contributed by atoms with Crippen molar-refractivity contribution in [2.45, 2.75) is 65.2 Å². The number of hydrogen-bond donors (Lipinski definition) is 2. The van der Waals surface area contributed by atoms with Gasteiger partial charge in [0.1, 0.15) is 0 Å². The number of nitrogens with two attached hydrogens (primary N) is 1. The van der Waals surface area contributed by atoms with Gasteiger partial charge in [-0.05, 0) is 32.0 Å². The zero-order valence-corrected chi connectivity index (χ0v) is 11.4. The molecule has 98 valence electrons. The predicted molar refractivity (Wildman–Crippen MR) is 73.7 cm³/mol. The van der Waals surface area contributed by atoms with Crippen molar-refractivity contribution < 1.29 is 0 Å². The summed E-state index contributed by atoms with van der Waals surface area (Å²) in [5.74, 6) is 0.619. The normalized spacial score (nSPS) is 12.9. The van der Waals surface area contributed by atoms with E-state index in [-0.39, 0.29) is 0 Å². The lowest BCUT2D eigenvalue weighted by molar-refractivity contribution is 0.501. The summed E-state index contributed by atoms with van der Waals surface area (Å²) in [6.07, 6.45) is 11.2. The Hall–Kier alpha value is -0.0800. The first-order valence-electron chi connectivity index (χ1n) is 7.22. The lowest BCUT2D eigenvalue weighted by Gasteiger charge is -2.09. The first kappa shape index (κ1) is 15.9. The number of nitrogens with one attached hydrogen (secondary N) is 1. The van der Waals surface area contributed by atoms with Crippen LogP contribution in [0, 0.1) is 5.92 Å². The molecule has 16 heavy (non-hydrogen) atoms. The Kier molecular flexibility index (Phi) is 12.9. The highest BCUT2D eigenvalue weighted by Crippen LogP contribution is 2.07. The van der Waals surface area contributed by atoms with E-state index in [2.05, 4.69) is 19.2 Å². The molecule has 0 amide bonds. The molecular weight excluding hydrogens is 196 g/mol. The second kappa shape index (κ2) is 13.0. The van der Waals surface area contributed by atoms with Gasteiger partial charge in [0, 0.05) is 0 Å². The van der Waals surface area contributed by atoms with Gasteiger partial charge in [-0.25, -0.2) is 0 Å². The molecule has 0 heterocycles. The maximum absolute atomic E-state index is 5.55. The summed E-state index contributed by atoms with van der Waals surface area (Å²) in [5.41, 5.74) is 5.55. The fraction of sp³-hybridized carbons (Fsp3) is 1.00. The summed E-state index contributed by atoms with van der Waals surface area (Å²) < 4.78 is 0. The van der Waals surface area contributed by atoms with Crippen LogP contribution >= 0.6 is 0 Å². The standard InChI is InChI=1S/C14H32N2/c1-3-4-5-6-7-8-9-10-11-16-13-14(2)12-15/h14,16H,3-13,15H2,1-2H3. The third kappa shape index (κ3) is 12.0. The summed E-state index contributed by atoms with van der Waals surface area (Å²) in [4.78, 5) is 0. The van der Waals surface area contributed by atoms with E-state index >= 15 is 0 Å². The summed E-state index contributed by atoms with van der Waals surface area (Å²) in [5, 5.41) is 3.47. The molecule has 0 rings (SSSR count). The van der Waals surface area contributed by atoms with Crippen molar-refractivity contribution in [2.24, 2.45) is 11.7 Å². The van der Waals surface area contributed by atoms with Crippen molar-refractivity contribution >= 4 is 0 Å². The maximum Gasteiger partial charge on any atom is -0.00111 e.